The van der Waals surface area contributed by atoms with Crippen LogP contribution >= 0.6 is 11.3 Å². The zero-order valence-corrected chi connectivity index (χ0v) is 24.0. The second kappa shape index (κ2) is 12.9. The number of aromatic nitrogens is 1. The molecule has 0 bridgehead atoms. The van der Waals surface area contributed by atoms with Gasteiger partial charge in [-0.3, -0.25) is 19.7 Å². The molecule has 3 aromatic carbocycles. The first-order valence-corrected chi connectivity index (χ1v) is 14.5. The normalized spacial score (nSPS) is 13.2. The number of fused-ring (bicyclic) bond motifs is 1. The largest absolute Gasteiger partial charge is 0.352 e. The molecule has 41 heavy (non-hydrogen) atoms. The first-order chi connectivity index (χ1) is 19.9. The fourth-order valence-corrected chi connectivity index (χ4v) is 5.48. The van der Waals surface area contributed by atoms with Crippen molar-refractivity contribution in [1.82, 2.24) is 20.1 Å². The van der Waals surface area contributed by atoms with Gasteiger partial charge in [0.15, 0.2) is 5.13 Å². The molecule has 5 rings (SSSR count). The van der Waals surface area contributed by atoms with Gasteiger partial charge >= 0.3 is 0 Å². The van der Waals surface area contributed by atoms with E-state index < -0.39 is 6.04 Å². The molecule has 1 aliphatic heterocycles. The summed E-state index contributed by atoms with van der Waals surface area (Å²) in [5.74, 6) is -0.599. The Labute approximate surface area is 244 Å². The third kappa shape index (κ3) is 6.70. The summed E-state index contributed by atoms with van der Waals surface area (Å²) in [5, 5.41) is 8.12. The zero-order valence-electron chi connectivity index (χ0n) is 23.2. The molecule has 9 heteroatoms. The van der Waals surface area contributed by atoms with Crippen molar-refractivity contribution in [2.75, 3.05) is 32.5 Å². The maximum Gasteiger partial charge on any atom is 0.255 e. The summed E-state index contributed by atoms with van der Waals surface area (Å²) in [4.78, 5) is 47.6. The number of amides is 3. The highest BCUT2D eigenvalue weighted by atomic mass is 32.1. The van der Waals surface area contributed by atoms with Gasteiger partial charge in [0.1, 0.15) is 6.04 Å². The number of anilines is 1. The van der Waals surface area contributed by atoms with Crippen molar-refractivity contribution in [3.63, 3.8) is 0 Å². The number of nitrogens with one attached hydrogen (secondary N) is 2. The highest BCUT2D eigenvalue weighted by molar-refractivity contribution is 7.13. The molecule has 1 atom stereocenters. The average molecular weight is 568 g/mol. The summed E-state index contributed by atoms with van der Waals surface area (Å²) < 4.78 is 0. The lowest BCUT2D eigenvalue weighted by Crippen LogP contribution is -2.37. The minimum absolute atomic E-state index is 0.0934. The van der Waals surface area contributed by atoms with Crippen LogP contribution in [-0.2, 0) is 11.3 Å². The molecule has 0 aliphatic carbocycles. The minimum atomic E-state index is -0.802. The molecule has 3 amide bonds. The molecule has 8 nitrogen and oxygen atoms in total. The predicted octanol–water partition coefficient (Wildman–Crippen LogP) is 5.22. The van der Waals surface area contributed by atoms with Gasteiger partial charge in [-0.05, 0) is 73.9 Å². The number of benzene rings is 3. The number of thiazole rings is 1. The van der Waals surface area contributed by atoms with Crippen LogP contribution in [-0.4, -0.2) is 59.7 Å². The van der Waals surface area contributed by atoms with E-state index in [1.807, 2.05) is 74.8 Å². The molecule has 1 aliphatic rings. The van der Waals surface area contributed by atoms with E-state index in [0.29, 0.717) is 29.3 Å². The van der Waals surface area contributed by atoms with Gasteiger partial charge in [-0.15, -0.1) is 11.3 Å². The number of carbonyl (C=O) groups is 3. The van der Waals surface area contributed by atoms with Crippen LogP contribution in [0.5, 0.6) is 0 Å². The summed E-state index contributed by atoms with van der Waals surface area (Å²) >= 11 is 1.33. The molecule has 2 heterocycles. The standard InChI is InChI=1S/C32H33N5O3S/c1-36(2)18-7-6-16-33-29(38)24-12-10-22(11-13-24)25-14-15-26-21-37(31(40)27(26)20-25)28(23-8-4-3-5-9-23)30(39)35-32-34-17-19-41-32/h3-5,8-15,17,19-20,28H,6-7,16,18,21H2,1-2H3,(H,33,38)(H,34,35,39)/t28-/m1/s1. The lowest BCUT2D eigenvalue weighted by molar-refractivity contribution is -0.120. The van der Waals surface area contributed by atoms with Gasteiger partial charge in [0.2, 0.25) is 0 Å². The molecule has 0 fully saturated rings. The van der Waals surface area contributed by atoms with Crippen molar-refractivity contribution in [2.45, 2.75) is 25.4 Å². The lowest BCUT2D eigenvalue weighted by Gasteiger charge is -2.27. The topological polar surface area (TPSA) is 94.6 Å². The van der Waals surface area contributed by atoms with Crippen LogP contribution in [0.15, 0.2) is 84.4 Å². The number of carbonyl (C=O) groups excluding carboxylic acids is 3. The van der Waals surface area contributed by atoms with E-state index in [0.717, 1.165) is 41.6 Å². The van der Waals surface area contributed by atoms with Crippen LogP contribution in [0.1, 0.15) is 50.7 Å². The van der Waals surface area contributed by atoms with E-state index in [9.17, 15) is 14.4 Å². The Bertz CT molecular complexity index is 1500. The van der Waals surface area contributed by atoms with Crippen molar-refractivity contribution in [3.05, 3.63) is 107 Å². The fourth-order valence-electron chi connectivity index (χ4n) is 4.95. The molecule has 0 radical (unpaired) electrons. The first kappa shape index (κ1) is 28.2. The second-order valence-corrected chi connectivity index (χ2v) is 11.2. The summed E-state index contributed by atoms with van der Waals surface area (Å²) in [7, 11) is 4.08. The second-order valence-electron chi connectivity index (χ2n) is 10.3. The van der Waals surface area contributed by atoms with Gasteiger partial charge in [0.25, 0.3) is 17.7 Å². The third-order valence-electron chi connectivity index (χ3n) is 7.08. The van der Waals surface area contributed by atoms with Crippen molar-refractivity contribution in [2.24, 2.45) is 0 Å². The zero-order chi connectivity index (χ0) is 28.8. The Morgan fingerprint density at radius 3 is 2.46 bits per heavy atom. The Morgan fingerprint density at radius 2 is 1.76 bits per heavy atom. The van der Waals surface area contributed by atoms with Crippen molar-refractivity contribution in [1.29, 1.82) is 0 Å². The molecule has 2 N–H and O–H groups in total. The lowest BCUT2D eigenvalue weighted by atomic mass is 9.99. The van der Waals surface area contributed by atoms with E-state index >= 15 is 0 Å². The molecule has 210 valence electrons. The molecule has 0 saturated heterocycles. The van der Waals surface area contributed by atoms with Crippen LogP contribution in [0.3, 0.4) is 0 Å². The molecular weight excluding hydrogens is 534 g/mol. The molecular formula is C32H33N5O3S. The Morgan fingerprint density at radius 1 is 1.00 bits per heavy atom. The van der Waals surface area contributed by atoms with Gasteiger partial charge in [0.05, 0.1) is 0 Å². The molecule has 0 saturated carbocycles. The van der Waals surface area contributed by atoms with Crippen molar-refractivity contribution in [3.8, 4) is 11.1 Å². The summed E-state index contributed by atoms with van der Waals surface area (Å²) in [6.45, 7) is 1.97. The number of unbranched alkanes of at least 4 members (excludes halogenated alkanes) is 1. The fraction of sp³-hybridized carbons (Fsp3) is 0.250. The average Bonchev–Trinajstić information content (AvgIpc) is 3.61. The predicted molar refractivity (Wildman–Crippen MR) is 162 cm³/mol. The maximum absolute atomic E-state index is 13.7. The van der Waals surface area contributed by atoms with Crippen molar-refractivity contribution >= 4 is 34.2 Å². The van der Waals surface area contributed by atoms with Crippen LogP contribution in [0.4, 0.5) is 5.13 Å². The van der Waals surface area contributed by atoms with E-state index in [1.165, 1.54) is 11.3 Å². The van der Waals surface area contributed by atoms with Gasteiger partial charge < -0.3 is 15.1 Å². The van der Waals surface area contributed by atoms with Gasteiger partial charge in [-0.25, -0.2) is 4.98 Å². The van der Waals surface area contributed by atoms with Crippen LogP contribution in [0, 0.1) is 0 Å². The SMILES string of the molecule is CN(C)CCCCNC(=O)c1ccc(-c2ccc3c(c2)C(=O)N([C@@H](C(=O)Nc2nccs2)c2ccccc2)C3)cc1. The third-order valence-corrected chi connectivity index (χ3v) is 7.77. The monoisotopic (exact) mass is 567 g/mol. The Balaban J connectivity index is 1.30. The van der Waals surface area contributed by atoms with E-state index in [1.54, 1.807) is 28.6 Å². The molecule has 4 aromatic rings. The van der Waals surface area contributed by atoms with Crippen LogP contribution < -0.4 is 10.6 Å². The highest BCUT2D eigenvalue weighted by Crippen LogP contribution is 2.35. The highest BCUT2D eigenvalue weighted by Gasteiger charge is 2.37. The minimum Gasteiger partial charge on any atom is -0.352 e. The first-order valence-electron chi connectivity index (χ1n) is 13.6. The molecule has 0 spiro atoms. The number of hydrogen-bond donors (Lipinski definition) is 2. The summed E-state index contributed by atoms with van der Waals surface area (Å²) in [6.07, 6.45) is 3.59. The van der Waals surface area contributed by atoms with Crippen LogP contribution in [0.2, 0.25) is 0 Å². The van der Waals surface area contributed by atoms with Gasteiger partial charge in [-0.1, -0.05) is 54.6 Å². The van der Waals surface area contributed by atoms with Crippen molar-refractivity contribution < 1.29 is 14.4 Å². The number of nitrogens with zero attached hydrogens (tertiary/aromatic N) is 3. The molecule has 1 aromatic heterocycles. The molecule has 0 unspecified atom stereocenters. The smallest absolute Gasteiger partial charge is 0.255 e. The van der Waals surface area contributed by atoms with E-state index in [-0.39, 0.29) is 17.7 Å². The van der Waals surface area contributed by atoms with Crippen LogP contribution in [0.25, 0.3) is 11.1 Å². The van der Waals surface area contributed by atoms with Gasteiger partial charge in [-0.2, -0.15) is 0 Å². The van der Waals surface area contributed by atoms with Gasteiger partial charge in [0, 0.05) is 35.8 Å². The number of hydrogen-bond acceptors (Lipinski definition) is 6. The number of rotatable bonds is 11. The van der Waals surface area contributed by atoms with E-state index in [4.69, 9.17) is 0 Å². The summed E-state index contributed by atoms with van der Waals surface area (Å²) in [5.41, 5.74) is 4.55. The summed E-state index contributed by atoms with van der Waals surface area (Å²) in [6, 6.07) is 21.7. The van der Waals surface area contributed by atoms with E-state index in [2.05, 4.69) is 20.5 Å². The maximum atomic E-state index is 13.7. The Kier molecular flexibility index (Phi) is 8.86. The quantitative estimate of drug-likeness (QED) is 0.243. The Hall–Kier alpha value is -4.34.